The highest BCUT2D eigenvalue weighted by atomic mass is 16.5. The van der Waals surface area contributed by atoms with Gasteiger partial charge in [0, 0.05) is 12.3 Å². The molecule has 0 N–H and O–H groups in total. The van der Waals surface area contributed by atoms with Gasteiger partial charge in [0.2, 0.25) is 0 Å². The van der Waals surface area contributed by atoms with Gasteiger partial charge in [-0.2, -0.15) is 0 Å². The highest BCUT2D eigenvalue weighted by molar-refractivity contribution is 5.70. The molecule has 1 aromatic heterocycles. The number of ether oxygens (including phenoxy) is 1. The van der Waals surface area contributed by atoms with E-state index >= 15 is 0 Å². The molecule has 0 spiro atoms. The van der Waals surface area contributed by atoms with Crippen LogP contribution >= 0.6 is 0 Å². The number of carbonyl (C=O) groups is 1. The topological polar surface area (TPSA) is 48.3 Å². The summed E-state index contributed by atoms with van der Waals surface area (Å²) in [5.74, 6) is 0. The monoisotopic (exact) mass is 305 g/mol. The third kappa shape index (κ3) is 3.55. The quantitative estimate of drug-likeness (QED) is 0.741. The summed E-state index contributed by atoms with van der Waals surface area (Å²) in [5.41, 5.74) is 2.69. The van der Waals surface area contributed by atoms with E-state index in [4.69, 9.17) is 4.74 Å². The van der Waals surface area contributed by atoms with Crippen LogP contribution in [-0.4, -0.2) is 10.7 Å². The summed E-state index contributed by atoms with van der Waals surface area (Å²) in [6.45, 7) is 0.120. The van der Waals surface area contributed by atoms with Crippen LogP contribution in [0, 0.1) is 0 Å². The molecule has 0 atom stereocenters. The average Bonchev–Trinajstić information content (AvgIpc) is 2.61. The van der Waals surface area contributed by atoms with Crippen LogP contribution in [-0.2, 0) is 11.3 Å². The Balaban J connectivity index is 1.66. The zero-order chi connectivity index (χ0) is 16.1. The molecule has 0 amide bonds. The molecule has 4 nitrogen and oxygen atoms in total. The Labute approximate surface area is 133 Å². The van der Waals surface area contributed by atoms with Crippen LogP contribution in [0.1, 0.15) is 5.56 Å². The van der Waals surface area contributed by atoms with Crippen molar-refractivity contribution >= 4 is 6.09 Å². The van der Waals surface area contributed by atoms with Gasteiger partial charge in [0.05, 0.1) is 0 Å². The van der Waals surface area contributed by atoms with E-state index < -0.39 is 11.7 Å². The lowest BCUT2D eigenvalue weighted by Crippen LogP contribution is -2.26. The van der Waals surface area contributed by atoms with E-state index in [-0.39, 0.29) is 6.61 Å². The number of rotatable bonds is 3. The molecular formula is C19H15NO3. The van der Waals surface area contributed by atoms with Crippen molar-refractivity contribution in [3.63, 3.8) is 0 Å². The van der Waals surface area contributed by atoms with Crippen molar-refractivity contribution in [2.75, 3.05) is 0 Å². The summed E-state index contributed by atoms with van der Waals surface area (Å²) in [4.78, 5) is 23.4. The molecule has 0 unspecified atom stereocenters. The molecule has 23 heavy (non-hydrogen) atoms. The van der Waals surface area contributed by atoms with E-state index in [2.05, 4.69) is 0 Å². The van der Waals surface area contributed by atoms with E-state index in [9.17, 15) is 9.59 Å². The number of carbonyl (C=O) groups excluding carboxylic acids is 1. The first-order chi connectivity index (χ1) is 11.2. The molecule has 0 saturated heterocycles. The molecule has 0 aliphatic heterocycles. The lowest BCUT2D eigenvalue weighted by molar-refractivity contribution is 0.140. The van der Waals surface area contributed by atoms with E-state index in [1.807, 2.05) is 54.6 Å². The molecule has 1 heterocycles. The lowest BCUT2D eigenvalue weighted by atomic mass is 10.0. The van der Waals surface area contributed by atoms with Crippen molar-refractivity contribution in [2.45, 2.75) is 6.61 Å². The van der Waals surface area contributed by atoms with E-state index in [1.54, 1.807) is 12.1 Å². The predicted octanol–water partition coefficient (Wildman–Crippen LogP) is 3.70. The molecule has 3 rings (SSSR count). The zero-order valence-corrected chi connectivity index (χ0v) is 12.4. The van der Waals surface area contributed by atoms with Gasteiger partial charge in [0.25, 0.3) is 5.56 Å². The second-order valence-corrected chi connectivity index (χ2v) is 5.03. The van der Waals surface area contributed by atoms with E-state index in [0.717, 1.165) is 21.3 Å². The van der Waals surface area contributed by atoms with E-state index in [1.165, 1.54) is 12.3 Å². The third-order valence-electron chi connectivity index (χ3n) is 3.44. The number of aromatic nitrogens is 1. The van der Waals surface area contributed by atoms with Crippen LogP contribution in [0.3, 0.4) is 0 Å². The summed E-state index contributed by atoms with van der Waals surface area (Å²) in [6.07, 6.45) is 0.714. The smallest absolute Gasteiger partial charge is 0.421 e. The Morgan fingerprint density at radius 2 is 1.48 bits per heavy atom. The van der Waals surface area contributed by atoms with Gasteiger partial charge in [0.15, 0.2) is 0 Å². The Morgan fingerprint density at radius 1 is 0.826 bits per heavy atom. The Kier molecular flexibility index (Phi) is 4.34. The van der Waals surface area contributed by atoms with Crippen molar-refractivity contribution in [3.05, 3.63) is 94.9 Å². The molecule has 0 aliphatic carbocycles. The van der Waals surface area contributed by atoms with Crippen molar-refractivity contribution in [1.29, 1.82) is 0 Å². The minimum absolute atomic E-state index is 0.120. The lowest BCUT2D eigenvalue weighted by Gasteiger charge is -2.07. The molecule has 0 radical (unpaired) electrons. The Morgan fingerprint density at radius 3 is 2.17 bits per heavy atom. The number of hydrogen-bond donors (Lipinski definition) is 0. The second kappa shape index (κ2) is 6.75. The van der Waals surface area contributed by atoms with Gasteiger partial charge in [-0.15, -0.1) is 0 Å². The number of pyridine rings is 1. The number of hydrogen-bond acceptors (Lipinski definition) is 3. The van der Waals surface area contributed by atoms with Gasteiger partial charge < -0.3 is 4.74 Å². The first kappa shape index (κ1) is 14.8. The molecule has 4 heteroatoms. The van der Waals surface area contributed by atoms with Crippen LogP contribution in [0.15, 0.2) is 83.8 Å². The molecule has 0 fully saturated rings. The zero-order valence-electron chi connectivity index (χ0n) is 12.4. The molecule has 0 aliphatic rings. The molecule has 0 saturated carbocycles. The fraction of sp³-hybridized carbons (Fsp3) is 0.0526. The standard InChI is InChI=1S/C19H15NO3/c21-18-8-4-5-13-20(18)19(22)23-14-15-9-11-17(12-10-15)16-6-2-1-3-7-16/h1-13H,14H2. The predicted molar refractivity (Wildman–Crippen MR) is 88.2 cm³/mol. The van der Waals surface area contributed by atoms with Crippen LogP contribution in [0.5, 0.6) is 0 Å². The maximum atomic E-state index is 11.9. The number of nitrogens with zero attached hydrogens (tertiary/aromatic N) is 1. The fourth-order valence-corrected chi connectivity index (χ4v) is 2.22. The van der Waals surface area contributed by atoms with Crippen LogP contribution < -0.4 is 5.56 Å². The average molecular weight is 305 g/mol. The Hall–Kier alpha value is -3.14. The number of benzene rings is 2. The first-order valence-electron chi connectivity index (χ1n) is 7.23. The van der Waals surface area contributed by atoms with Crippen LogP contribution in [0.2, 0.25) is 0 Å². The van der Waals surface area contributed by atoms with Crippen LogP contribution in [0.4, 0.5) is 4.79 Å². The normalized spacial score (nSPS) is 10.3. The summed E-state index contributed by atoms with van der Waals surface area (Å²) in [7, 11) is 0. The molecule has 3 aromatic rings. The second-order valence-electron chi connectivity index (χ2n) is 5.03. The third-order valence-corrected chi connectivity index (χ3v) is 3.44. The van der Waals surface area contributed by atoms with Crippen molar-refractivity contribution < 1.29 is 9.53 Å². The van der Waals surface area contributed by atoms with Gasteiger partial charge in [-0.25, -0.2) is 9.36 Å². The largest absolute Gasteiger partial charge is 0.444 e. The summed E-state index contributed by atoms with van der Waals surface area (Å²) >= 11 is 0. The summed E-state index contributed by atoms with van der Waals surface area (Å²) in [5, 5.41) is 0. The first-order valence-corrected chi connectivity index (χ1v) is 7.23. The summed E-state index contributed by atoms with van der Waals surface area (Å²) in [6, 6.07) is 22.3. The van der Waals surface area contributed by atoms with Gasteiger partial charge in [0.1, 0.15) is 6.61 Å². The highest BCUT2D eigenvalue weighted by Gasteiger charge is 2.07. The van der Waals surface area contributed by atoms with Crippen molar-refractivity contribution in [1.82, 2.24) is 4.57 Å². The summed E-state index contributed by atoms with van der Waals surface area (Å²) < 4.78 is 6.11. The molecular weight excluding hydrogens is 290 g/mol. The van der Waals surface area contributed by atoms with Crippen molar-refractivity contribution in [3.8, 4) is 11.1 Å². The minimum atomic E-state index is -0.678. The minimum Gasteiger partial charge on any atom is -0.444 e. The SMILES string of the molecule is O=C(OCc1ccc(-c2ccccc2)cc1)n1ccccc1=O. The maximum Gasteiger partial charge on any atom is 0.421 e. The van der Waals surface area contributed by atoms with Gasteiger partial charge in [-0.05, 0) is 22.8 Å². The molecule has 2 aromatic carbocycles. The maximum absolute atomic E-state index is 11.9. The van der Waals surface area contributed by atoms with Crippen molar-refractivity contribution in [2.24, 2.45) is 0 Å². The fourth-order valence-electron chi connectivity index (χ4n) is 2.22. The Bertz CT molecular complexity index is 852. The van der Waals surface area contributed by atoms with Gasteiger partial charge in [-0.3, -0.25) is 4.79 Å². The van der Waals surface area contributed by atoms with Gasteiger partial charge >= 0.3 is 6.09 Å². The molecule has 0 bridgehead atoms. The molecule has 114 valence electrons. The van der Waals surface area contributed by atoms with E-state index in [0.29, 0.717) is 0 Å². The van der Waals surface area contributed by atoms with Gasteiger partial charge in [-0.1, -0.05) is 60.7 Å². The van der Waals surface area contributed by atoms with Crippen LogP contribution in [0.25, 0.3) is 11.1 Å². The highest BCUT2D eigenvalue weighted by Crippen LogP contribution is 2.19.